The van der Waals surface area contributed by atoms with Crippen LogP contribution in [0.15, 0.2) is 38.3 Å². The fourth-order valence-electron chi connectivity index (χ4n) is 5.82. The summed E-state index contributed by atoms with van der Waals surface area (Å²) in [6.45, 7) is 24.2. The van der Waals surface area contributed by atoms with E-state index in [0.717, 1.165) is 0 Å². The molecule has 1 aromatic rings. The minimum absolute atomic E-state index is 0.275. The number of hydrogen-bond acceptors (Lipinski definition) is 0. The predicted molar refractivity (Wildman–Crippen MR) is 123 cm³/mol. The molecule has 3 aliphatic carbocycles. The molecule has 1 unspecified atom stereocenters. The van der Waals surface area contributed by atoms with Crippen molar-refractivity contribution in [3.8, 4) is 0 Å². The van der Waals surface area contributed by atoms with Gasteiger partial charge in [-0.15, -0.1) is 0 Å². The van der Waals surface area contributed by atoms with Gasteiger partial charge in [0.2, 0.25) is 0 Å². The van der Waals surface area contributed by atoms with E-state index < -0.39 is 22.9 Å². The van der Waals surface area contributed by atoms with Crippen LogP contribution in [0.25, 0.3) is 5.57 Å². The summed E-state index contributed by atoms with van der Waals surface area (Å²) in [6.07, 6.45) is 5.23. The minimum atomic E-state index is -1.05. The van der Waals surface area contributed by atoms with Crippen molar-refractivity contribution in [1.82, 2.24) is 0 Å². The number of allylic oxidation sites excluding steroid dienone is 6. The second-order valence-corrected chi connectivity index (χ2v) is 16.7. The maximum atomic E-state index is 2.65. The summed E-state index contributed by atoms with van der Waals surface area (Å²) in [6, 6.07) is 5.25. The van der Waals surface area contributed by atoms with Gasteiger partial charge in [0.1, 0.15) is 0 Å². The van der Waals surface area contributed by atoms with Crippen molar-refractivity contribution in [2.45, 2.75) is 96.6 Å². The Morgan fingerprint density at radius 2 is 1.34 bits per heavy atom. The van der Waals surface area contributed by atoms with E-state index >= 15 is 0 Å². The summed E-state index contributed by atoms with van der Waals surface area (Å²) < 4.78 is 2.55. The van der Waals surface area contributed by atoms with Crippen molar-refractivity contribution in [2.75, 3.05) is 0 Å². The first kappa shape index (κ1) is 21.5. The van der Waals surface area contributed by atoms with Crippen molar-refractivity contribution < 1.29 is 22.9 Å². The molecule has 0 spiro atoms. The molecule has 1 atom stereocenters. The Morgan fingerprint density at radius 1 is 0.793 bits per heavy atom. The van der Waals surface area contributed by atoms with Gasteiger partial charge < -0.3 is 0 Å². The van der Waals surface area contributed by atoms with E-state index in [1.807, 2.05) is 3.33 Å². The second-order valence-electron chi connectivity index (χ2n) is 11.6. The summed E-state index contributed by atoms with van der Waals surface area (Å²) >= 11 is -1.05. The molecule has 1 aromatic carbocycles. The Kier molecular flexibility index (Phi) is 4.94. The average Bonchev–Trinajstić information content (AvgIpc) is 3.02. The molecule has 0 heterocycles. The molecule has 0 aliphatic heterocycles. The summed E-state index contributed by atoms with van der Waals surface area (Å²) in [5, 5.41) is 0. The van der Waals surface area contributed by atoms with Crippen molar-refractivity contribution in [1.29, 1.82) is 0 Å². The third-order valence-electron chi connectivity index (χ3n) is 8.56. The van der Waals surface area contributed by atoms with Gasteiger partial charge in [-0.25, -0.2) is 0 Å². The van der Waals surface area contributed by atoms with Crippen molar-refractivity contribution in [3.05, 3.63) is 60.5 Å². The third-order valence-corrected chi connectivity index (χ3v) is 16.0. The topological polar surface area (TPSA) is 0 Å². The van der Waals surface area contributed by atoms with Gasteiger partial charge in [0, 0.05) is 0 Å². The fraction of sp³-hybridized carbons (Fsp3) is 0.571. The van der Waals surface area contributed by atoms with E-state index in [-0.39, 0.29) is 5.41 Å². The monoisotopic (exact) mass is 554 g/mol. The van der Waals surface area contributed by atoms with Crippen LogP contribution >= 0.6 is 0 Å². The molecule has 4 rings (SSSR count). The number of fused-ring (bicyclic) bond motifs is 2. The first-order valence-electron chi connectivity index (χ1n) is 11.3. The molecule has 0 radical (unpaired) electrons. The zero-order valence-corrected chi connectivity index (χ0v) is 23.8. The molecule has 0 amide bonds. The second kappa shape index (κ2) is 6.65. The van der Waals surface area contributed by atoms with E-state index in [1.54, 1.807) is 39.0 Å². The van der Waals surface area contributed by atoms with Crippen molar-refractivity contribution in [2.24, 2.45) is 5.41 Å². The number of hydrogen-bond donors (Lipinski definition) is 0. The van der Waals surface area contributed by atoms with Crippen LogP contribution in [0.3, 0.4) is 0 Å². The first-order chi connectivity index (χ1) is 13.3. The molecule has 0 aromatic heterocycles. The maximum absolute atomic E-state index is 2.65. The number of rotatable bonds is 2. The van der Waals surface area contributed by atoms with E-state index in [1.165, 1.54) is 18.4 Å². The Hall–Kier alpha value is -0.690. The van der Waals surface area contributed by atoms with Crippen LogP contribution in [0, 0.1) is 5.41 Å². The quantitative estimate of drug-likeness (QED) is 0.324. The van der Waals surface area contributed by atoms with Crippen LogP contribution in [0.5, 0.6) is 0 Å². The molecule has 0 fully saturated rings. The Labute approximate surface area is 190 Å². The molecule has 0 nitrogen and oxygen atoms in total. The SMILES string of the molecule is CC1=C[CH]([Hf][C]2=C(C)C(C)=C(C)C2(C)C)c2cc3c(cc21)C(C)(C)CCC3(C)C. The van der Waals surface area contributed by atoms with E-state index in [2.05, 4.69) is 87.4 Å². The van der Waals surface area contributed by atoms with Crippen molar-refractivity contribution >= 4 is 5.57 Å². The van der Waals surface area contributed by atoms with Crippen LogP contribution < -0.4 is 0 Å². The van der Waals surface area contributed by atoms with Crippen LogP contribution in [0.4, 0.5) is 0 Å². The molecular weight excluding hydrogens is 515 g/mol. The Bertz CT molecular complexity index is 991. The zero-order valence-electron chi connectivity index (χ0n) is 20.2. The third kappa shape index (κ3) is 3.17. The molecule has 1 heteroatoms. The van der Waals surface area contributed by atoms with Gasteiger partial charge in [-0.1, -0.05) is 0 Å². The molecule has 0 bridgehead atoms. The zero-order chi connectivity index (χ0) is 21.5. The van der Waals surface area contributed by atoms with Crippen LogP contribution in [-0.2, 0) is 33.7 Å². The molecule has 3 aliphatic rings. The molecule has 0 N–H and O–H groups in total. The van der Waals surface area contributed by atoms with Gasteiger partial charge in [-0.05, 0) is 0 Å². The molecular formula is C28H38Hf. The van der Waals surface area contributed by atoms with Gasteiger partial charge in [0.15, 0.2) is 0 Å². The van der Waals surface area contributed by atoms with Gasteiger partial charge in [-0.2, -0.15) is 0 Å². The molecule has 154 valence electrons. The number of benzene rings is 1. The van der Waals surface area contributed by atoms with Crippen LogP contribution in [0.1, 0.15) is 108 Å². The van der Waals surface area contributed by atoms with Gasteiger partial charge in [-0.3, -0.25) is 0 Å². The van der Waals surface area contributed by atoms with Gasteiger partial charge in [0.05, 0.1) is 0 Å². The summed E-state index contributed by atoms with van der Waals surface area (Å²) in [4.78, 5) is 0. The first-order valence-corrected chi connectivity index (χ1v) is 15.2. The average molecular weight is 553 g/mol. The fourth-order valence-corrected chi connectivity index (χ4v) is 13.0. The predicted octanol–water partition coefficient (Wildman–Crippen LogP) is 8.23. The van der Waals surface area contributed by atoms with E-state index in [4.69, 9.17) is 0 Å². The normalized spacial score (nSPS) is 26.4. The van der Waals surface area contributed by atoms with Gasteiger partial charge in [0.25, 0.3) is 0 Å². The molecule has 0 saturated carbocycles. The van der Waals surface area contributed by atoms with Crippen LogP contribution in [0.2, 0.25) is 0 Å². The molecule has 0 saturated heterocycles. The Balaban J connectivity index is 1.80. The summed E-state index contributed by atoms with van der Waals surface area (Å²) in [7, 11) is 0. The van der Waals surface area contributed by atoms with Crippen LogP contribution in [-0.4, -0.2) is 0 Å². The molecule has 29 heavy (non-hydrogen) atoms. The van der Waals surface area contributed by atoms with Gasteiger partial charge >= 0.3 is 191 Å². The van der Waals surface area contributed by atoms with E-state index in [0.29, 0.717) is 14.5 Å². The summed E-state index contributed by atoms with van der Waals surface area (Å²) in [5.74, 6) is 0. The van der Waals surface area contributed by atoms with Crippen molar-refractivity contribution in [3.63, 3.8) is 0 Å². The Morgan fingerprint density at radius 3 is 1.86 bits per heavy atom. The standard InChI is InChI=1S/C18H23.C10H15.Hf/c1-12-6-7-13-10-15-16(11-14(12)13)18(4,5)9-8-17(15,2)3;1-7-6-10(4,5)9(3)8(7)2;/h6-7,10-11H,8-9H2,1-5H3;1-5H3;. The summed E-state index contributed by atoms with van der Waals surface area (Å²) in [5.41, 5.74) is 13.6. The van der Waals surface area contributed by atoms with E-state index in [9.17, 15) is 0 Å².